The molecule has 0 saturated heterocycles. The van der Waals surface area contributed by atoms with E-state index in [0.29, 0.717) is 5.95 Å². The molecule has 116 valence electrons. The summed E-state index contributed by atoms with van der Waals surface area (Å²) in [4.78, 5) is 10.9. The quantitative estimate of drug-likeness (QED) is 0.698. The van der Waals surface area contributed by atoms with Crippen LogP contribution in [0.4, 0.5) is 23.1 Å². The monoisotopic (exact) mass is 368 g/mol. The molecule has 23 heavy (non-hydrogen) atoms. The lowest BCUT2D eigenvalue weighted by Crippen LogP contribution is -2.12. The van der Waals surface area contributed by atoms with E-state index in [-0.39, 0.29) is 0 Å². The molecule has 2 aromatic carbocycles. The number of nitrogens with one attached hydrogen (secondary N) is 1. The van der Waals surface area contributed by atoms with Crippen molar-refractivity contribution in [1.82, 2.24) is 9.97 Å². The molecule has 1 aromatic heterocycles. The van der Waals surface area contributed by atoms with Crippen LogP contribution in [0.25, 0.3) is 0 Å². The number of rotatable bonds is 4. The number of aryl methyl sites for hydroxylation is 1. The van der Waals surface area contributed by atoms with Crippen molar-refractivity contribution in [2.75, 3.05) is 17.3 Å². The summed E-state index contributed by atoms with van der Waals surface area (Å²) in [5, 5.41) is 3.28. The van der Waals surface area contributed by atoms with E-state index in [9.17, 15) is 0 Å². The van der Waals surface area contributed by atoms with Gasteiger partial charge in [0.1, 0.15) is 5.82 Å². The van der Waals surface area contributed by atoms with Crippen molar-refractivity contribution in [2.45, 2.75) is 6.92 Å². The maximum absolute atomic E-state index is 4.60. The van der Waals surface area contributed by atoms with E-state index >= 15 is 0 Å². The van der Waals surface area contributed by atoms with Crippen molar-refractivity contribution in [3.8, 4) is 0 Å². The Kier molecular flexibility index (Phi) is 4.57. The summed E-state index contributed by atoms with van der Waals surface area (Å²) in [7, 11) is 1.99. The molecule has 0 bridgehead atoms. The van der Waals surface area contributed by atoms with E-state index in [1.165, 1.54) is 0 Å². The van der Waals surface area contributed by atoms with Gasteiger partial charge in [-0.2, -0.15) is 4.98 Å². The molecule has 0 aliphatic rings. The standard InChI is InChI=1S/C18H17BrN4/c1-13-12-14(19)8-9-16(13)21-18-20-11-10-17(22-18)23(2)15-6-4-3-5-7-15/h3-12H,1-2H3,(H,20,21,22). The predicted molar refractivity (Wildman–Crippen MR) is 98.7 cm³/mol. The first-order valence-electron chi connectivity index (χ1n) is 7.28. The Morgan fingerprint density at radius 1 is 1.04 bits per heavy atom. The lowest BCUT2D eigenvalue weighted by Gasteiger charge is -2.18. The number of hydrogen-bond donors (Lipinski definition) is 1. The van der Waals surface area contributed by atoms with Gasteiger partial charge >= 0.3 is 0 Å². The number of benzene rings is 2. The summed E-state index contributed by atoms with van der Waals surface area (Å²) in [5.74, 6) is 1.42. The predicted octanol–water partition coefficient (Wildman–Crippen LogP) is 5.06. The first-order chi connectivity index (χ1) is 11.1. The van der Waals surface area contributed by atoms with Crippen LogP contribution >= 0.6 is 15.9 Å². The smallest absolute Gasteiger partial charge is 0.229 e. The molecular formula is C18H17BrN4. The summed E-state index contributed by atoms with van der Waals surface area (Å²) in [5.41, 5.74) is 3.20. The Morgan fingerprint density at radius 3 is 2.57 bits per heavy atom. The maximum Gasteiger partial charge on any atom is 0.229 e. The van der Waals surface area contributed by atoms with Crippen molar-refractivity contribution >= 4 is 39.1 Å². The van der Waals surface area contributed by atoms with Crippen LogP contribution in [0.5, 0.6) is 0 Å². The molecule has 0 amide bonds. The molecule has 1 heterocycles. The fourth-order valence-electron chi connectivity index (χ4n) is 2.27. The minimum atomic E-state index is 0.579. The van der Waals surface area contributed by atoms with Gasteiger partial charge in [0.2, 0.25) is 5.95 Å². The molecule has 0 aliphatic heterocycles. The van der Waals surface area contributed by atoms with E-state index in [0.717, 1.165) is 27.2 Å². The topological polar surface area (TPSA) is 41.1 Å². The minimum Gasteiger partial charge on any atom is -0.329 e. The molecule has 0 aliphatic carbocycles. The molecule has 4 nitrogen and oxygen atoms in total. The molecule has 3 rings (SSSR count). The second kappa shape index (κ2) is 6.79. The molecule has 0 saturated carbocycles. The number of aromatic nitrogens is 2. The Balaban J connectivity index is 1.85. The van der Waals surface area contributed by atoms with Crippen LogP contribution < -0.4 is 10.2 Å². The number of nitrogens with zero attached hydrogens (tertiary/aromatic N) is 3. The van der Waals surface area contributed by atoms with Crippen molar-refractivity contribution in [3.05, 3.63) is 70.8 Å². The van der Waals surface area contributed by atoms with Gasteiger partial charge in [0, 0.05) is 29.1 Å². The van der Waals surface area contributed by atoms with E-state index in [1.807, 2.05) is 67.4 Å². The van der Waals surface area contributed by atoms with Crippen LogP contribution in [0, 0.1) is 6.92 Å². The van der Waals surface area contributed by atoms with Crippen LogP contribution in [0.2, 0.25) is 0 Å². The van der Waals surface area contributed by atoms with Crippen LogP contribution in [0.1, 0.15) is 5.56 Å². The molecule has 0 unspecified atom stereocenters. The fraction of sp³-hybridized carbons (Fsp3) is 0.111. The van der Waals surface area contributed by atoms with Crippen molar-refractivity contribution < 1.29 is 0 Å². The Bertz CT molecular complexity index is 805. The highest BCUT2D eigenvalue weighted by Crippen LogP contribution is 2.25. The highest BCUT2D eigenvalue weighted by atomic mass is 79.9. The van der Waals surface area contributed by atoms with Gasteiger partial charge in [0.05, 0.1) is 0 Å². The molecule has 5 heteroatoms. The SMILES string of the molecule is Cc1cc(Br)ccc1Nc1nccc(N(C)c2ccccc2)n1. The third kappa shape index (κ3) is 3.68. The highest BCUT2D eigenvalue weighted by molar-refractivity contribution is 9.10. The third-order valence-corrected chi connectivity index (χ3v) is 4.06. The van der Waals surface area contributed by atoms with Gasteiger partial charge in [-0.15, -0.1) is 0 Å². The van der Waals surface area contributed by atoms with Gasteiger partial charge in [-0.1, -0.05) is 34.1 Å². The van der Waals surface area contributed by atoms with Crippen LogP contribution in [0.15, 0.2) is 65.3 Å². The lowest BCUT2D eigenvalue weighted by molar-refractivity contribution is 1.08. The molecule has 0 radical (unpaired) electrons. The molecule has 0 spiro atoms. The summed E-state index contributed by atoms with van der Waals surface area (Å²) in [6, 6.07) is 18.1. The Hall–Kier alpha value is -2.40. The Labute approximate surface area is 144 Å². The largest absolute Gasteiger partial charge is 0.329 e. The first-order valence-corrected chi connectivity index (χ1v) is 8.08. The van der Waals surface area contributed by atoms with Crippen molar-refractivity contribution in [2.24, 2.45) is 0 Å². The summed E-state index contributed by atoms with van der Waals surface area (Å²) >= 11 is 3.47. The zero-order chi connectivity index (χ0) is 16.2. The Morgan fingerprint density at radius 2 is 1.83 bits per heavy atom. The average Bonchev–Trinajstić information content (AvgIpc) is 2.58. The van der Waals surface area contributed by atoms with Gasteiger partial charge in [-0.05, 0) is 48.9 Å². The lowest BCUT2D eigenvalue weighted by atomic mass is 10.2. The average molecular weight is 369 g/mol. The molecule has 0 fully saturated rings. The zero-order valence-electron chi connectivity index (χ0n) is 13.0. The van der Waals surface area contributed by atoms with E-state index in [4.69, 9.17) is 0 Å². The fourth-order valence-corrected chi connectivity index (χ4v) is 2.74. The van der Waals surface area contributed by atoms with E-state index in [2.05, 4.69) is 37.3 Å². The molecule has 1 N–H and O–H groups in total. The molecule has 0 atom stereocenters. The molecular weight excluding hydrogens is 352 g/mol. The number of halogens is 1. The van der Waals surface area contributed by atoms with Gasteiger partial charge < -0.3 is 10.2 Å². The minimum absolute atomic E-state index is 0.579. The zero-order valence-corrected chi connectivity index (χ0v) is 14.6. The van der Waals surface area contributed by atoms with Gasteiger partial charge in [0.15, 0.2) is 0 Å². The van der Waals surface area contributed by atoms with Crippen LogP contribution in [-0.4, -0.2) is 17.0 Å². The highest BCUT2D eigenvalue weighted by Gasteiger charge is 2.07. The second-order valence-corrected chi connectivity index (χ2v) is 6.13. The van der Waals surface area contributed by atoms with Crippen molar-refractivity contribution in [1.29, 1.82) is 0 Å². The summed E-state index contributed by atoms with van der Waals surface area (Å²) in [6.07, 6.45) is 1.76. The number of para-hydroxylation sites is 1. The van der Waals surface area contributed by atoms with Gasteiger partial charge in [-0.3, -0.25) is 0 Å². The van der Waals surface area contributed by atoms with Crippen molar-refractivity contribution in [3.63, 3.8) is 0 Å². The number of anilines is 4. The first kappa shape index (κ1) is 15.5. The van der Waals surface area contributed by atoms with Gasteiger partial charge in [-0.25, -0.2) is 4.98 Å². The maximum atomic E-state index is 4.60. The van der Waals surface area contributed by atoms with Gasteiger partial charge in [0.25, 0.3) is 0 Å². The van der Waals surface area contributed by atoms with E-state index < -0.39 is 0 Å². The molecule has 3 aromatic rings. The third-order valence-electron chi connectivity index (χ3n) is 3.56. The van der Waals surface area contributed by atoms with Crippen LogP contribution in [-0.2, 0) is 0 Å². The summed E-state index contributed by atoms with van der Waals surface area (Å²) in [6.45, 7) is 2.05. The number of hydrogen-bond acceptors (Lipinski definition) is 4. The normalized spacial score (nSPS) is 10.4. The van der Waals surface area contributed by atoms with Crippen LogP contribution in [0.3, 0.4) is 0 Å². The van der Waals surface area contributed by atoms with E-state index in [1.54, 1.807) is 6.20 Å². The second-order valence-electron chi connectivity index (χ2n) is 5.22. The summed E-state index contributed by atoms with van der Waals surface area (Å²) < 4.78 is 1.05.